The van der Waals surface area contributed by atoms with E-state index >= 15 is 0 Å². The topological polar surface area (TPSA) is 75.7 Å². The molecule has 118 valence electrons. The Balaban J connectivity index is 2.71. The summed E-state index contributed by atoms with van der Waals surface area (Å²) in [6, 6.07) is 7.24. The Morgan fingerprint density at radius 3 is 2.57 bits per heavy atom. The molecule has 1 aromatic carbocycles. The Hall–Kier alpha value is -1.44. The number of nitrogens with one attached hydrogen (secondary N) is 1. The lowest BCUT2D eigenvalue weighted by Gasteiger charge is -2.22. The van der Waals surface area contributed by atoms with E-state index in [1.165, 1.54) is 14.2 Å². The highest BCUT2D eigenvalue weighted by molar-refractivity contribution is 7.87. The summed E-state index contributed by atoms with van der Waals surface area (Å²) in [5, 5.41) is 0. The quantitative estimate of drug-likeness (QED) is 0.772. The minimum absolute atomic E-state index is 0.0205. The first-order valence-electron chi connectivity index (χ1n) is 6.64. The second-order valence-electron chi connectivity index (χ2n) is 4.85. The lowest BCUT2D eigenvalue weighted by atomic mass is 10.0. The van der Waals surface area contributed by atoms with Crippen LogP contribution in [-0.2, 0) is 19.7 Å². The predicted molar refractivity (Wildman–Crippen MR) is 80.9 cm³/mol. The molecule has 0 fully saturated rings. The average molecular weight is 314 g/mol. The molecular formula is C14H22N2O4S. The van der Waals surface area contributed by atoms with E-state index in [0.717, 1.165) is 15.4 Å². The molecule has 0 aliphatic rings. The van der Waals surface area contributed by atoms with Crippen LogP contribution in [0.15, 0.2) is 24.3 Å². The number of methoxy groups -OCH3 is 1. The van der Waals surface area contributed by atoms with Crippen molar-refractivity contribution in [2.75, 3.05) is 20.7 Å². The van der Waals surface area contributed by atoms with E-state index in [9.17, 15) is 13.2 Å². The molecule has 0 bridgehead atoms. The van der Waals surface area contributed by atoms with Gasteiger partial charge in [-0.1, -0.05) is 24.3 Å². The van der Waals surface area contributed by atoms with E-state index in [2.05, 4.69) is 9.46 Å². The number of carbonyl (C=O) groups is 1. The van der Waals surface area contributed by atoms with Gasteiger partial charge in [-0.05, 0) is 25.0 Å². The first-order chi connectivity index (χ1) is 9.77. The number of rotatable bonds is 7. The maximum atomic E-state index is 12.2. The van der Waals surface area contributed by atoms with Crippen molar-refractivity contribution in [3.05, 3.63) is 35.4 Å². The number of hydrogen-bond donors (Lipinski definition) is 1. The van der Waals surface area contributed by atoms with Crippen molar-refractivity contribution >= 4 is 16.2 Å². The second kappa shape index (κ2) is 7.53. The van der Waals surface area contributed by atoms with Gasteiger partial charge in [-0.25, -0.2) is 0 Å². The van der Waals surface area contributed by atoms with Gasteiger partial charge >= 0.3 is 5.97 Å². The summed E-state index contributed by atoms with van der Waals surface area (Å²) in [7, 11) is -0.953. The van der Waals surface area contributed by atoms with E-state index in [-0.39, 0.29) is 19.0 Å². The van der Waals surface area contributed by atoms with E-state index in [4.69, 9.17) is 0 Å². The maximum absolute atomic E-state index is 12.2. The zero-order chi connectivity index (χ0) is 16.0. The molecule has 0 unspecified atom stereocenters. The highest BCUT2D eigenvalue weighted by atomic mass is 32.2. The maximum Gasteiger partial charge on any atom is 0.306 e. The monoisotopic (exact) mass is 314 g/mol. The third-order valence-corrected chi connectivity index (χ3v) is 4.90. The molecule has 21 heavy (non-hydrogen) atoms. The summed E-state index contributed by atoms with van der Waals surface area (Å²) >= 11 is 0. The highest BCUT2D eigenvalue weighted by Crippen LogP contribution is 2.18. The normalized spacial score (nSPS) is 13.2. The summed E-state index contributed by atoms with van der Waals surface area (Å²) in [5.74, 6) is -0.441. The third-order valence-electron chi connectivity index (χ3n) is 3.25. The molecule has 0 radical (unpaired) electrons. The molecule has 6 nitrogen and oxygen atoms in total. The van der Waals surface area contributed by atoms with Crippen molar-refractivity contribution in [2.24, 2.45) is 0 Å². The molecule has 1 rings (SSSR count). The van der Waals surface area contributed by atoms with Crippen LogP contribution in [0, 0.1) is 6.92 Å². The molecule has 0 spiro atoms. The van der Waals surface area contributed by atoms with Crippen LogP contribution in [0.4, 0.5) is 0 Å². The van der Waals surface area contributed by atoms with Gasteiger partial charge in [-0.2, -0.15) is 17.4 Å². The van der Waals surface area contributed by atoms with E-state index < -0.39 is 16.2 Å². The number of esters is 1. The fraction of sp³-hybridized carbons (Fsp3) is 0.500. The standard InChI is InChI=1S/C14H22N2O4S/c1-11-7-5-6-8-13(11)12(2)15-21(18,19)16(3)10-9-14(17)20-4/h5-8,12,15H,9-10H2,1-4H3/t12-/m1/s1. The van der Waals surface area contributed by atoms with E-state index in [1.54, 1.807) is 6.92 Å². The smallest absolute Gasteiger partial charge is 0.306 e. The van der Waals surface area contributed by atoms with Crippen molar-refractivity contribution in [1.29, 1.82) is 0 Å². The average Bonchev–Trinajstić information content (AvgIpc) is 2.44. The molecular weight excluding hydrogens is 292 g/mol. The zero-order valence-electron chi connectivity index (χ0n) is 12.8. The summed E-state index contributed by atoms with van der Waals surface area (Å²) < 4.78 is 32.6. The van der Waals surface area contributed by atoms with Gasteiger partial charge < -0.3 is 4.74 Å². The summed E-state index contributed by atoms with van der Waals surface area (Å²) in [4.78, 5) is 11.1. The molecule has 1 atom stereocenters. The summed E-state index contributed by atoms with van der Waals surface area (Å²) in [5.41, 5.74) is 1.94. The van der Waals surface area contributed by atoms with Crippen molar-refractivity contribution in [1.82, 2.24) is 9.03 Å². The SMILES string of the molecule is COC(=O)CCN(C)S(=O)(=O)N[C@H](C)c1ccccc1C. The lowest BCUT2D eigenvalue weighted by molar-refractivity contribution is -0.140. The van der Waals surface area contributed by atoms with Crippen molar-refractivity contribution in [3.63, 3.8) is 0 Å². The molecule has 1 aromatic rings. The van der Waals surface area contributed by atoms with Crippen LogP contribution in [0.25, 0.3) is 0 Å². The molecule has 0 aliphatic heterocycles. The zero-order valence-corrected chi connectivity index (χ0v) is 13.6. The number of nitrogens with zero attached hydrogens (tertiary/aromatic N) is 1. The van der Waals surface area contributed by atoms with Gasteiger partial charge in [0, 0.05) is 19.6 Å². The Kier molecular flexibility index (Phi) is 6.32. The minimum atomic E-state index is -3.65. The summed E-state index contributed by atoms with van der Waals surface area (Å²) in [6.07, 6.45) is 0.0205. The lowest BCUT2D eigenvalue weighted by Crippen LogP contribution is -2.40. The van der Waals surface area contributed by atoms with Crippen LogP contribution in [0.1, 0.15) is 30.5 Å². The van der Waals surface area contributed by atoms with Crippen LogP contribution in [-0.4, -0.2) is 39.4 Å². The van der Waals surface area contributed by atoms with Crippen molar-refractivity contribution < 1.29 is 17.9 Å². The first kappa shape index (κ1) is 17.6. The van der Waals surface area contributed by atoms with Gasteiger partial charge in [-0.3, -0.25) is 4.79 Å². The number of benzene rings is 1. The highest BCUT2D eigenvalue weighted by Gasteiger charge is 2.22. The Labute approximate surface area is 126 Å². The van der Waals surface area contributed by atoms with Crippen LogP contribution in [0.2, 0.25) is 0 Å². The predicted octanol–water partition coefficient (Wildman–Crippen LogP) is 1.39. The fourth-order valence-electron chi connectivity index (χ4n) is 1.92. The van der Waals surface area contributed by atoms with Gasteiger partial charge in [0.1, 0.15) is 0 Å². The second-order valence-corrected chi connectivity index (χ2v) is 6.66. The van der Waals surface area contributed by atoms with Gasteiger partial charge in [-0.15, -0.1) is 0 Å². The minimum Gasteiger partial charge on any atom is -0.469 e. The van der Waals surface area contributed by atoms with Gasteiger partial charge in [0.15, 0.2) is 0 Å². The number of carbonyl (C=O) groups excluding carboxylic acids is 1. The van der Waals surface area contributed by atoms with Crippen LogP contribution >= 0.6 is 0 Å². The first-order valence-corrected chi connectivity index (χ1v) is 8.08. The fourth-order valence-corrected chi connectivity index (χ4v) is 3.01. The van der Waals surface area contributed by atoms with Gasteiger partial charge in [0.2, 0.25) is 0 Å². The largest absolute Gasteiger partial charge is 0.469 e. The Morgan fingerprint density at radius 1 is 1.38 bits per heavy atom. The third kappa shape index (κ3) is 5.11. The molecule has 0 saturated carbocycles. The Bertz CT molecular complexity index is 586. The molecule has 1 N–H and O–H groups in total. The van der Waals surface area contributed by atoms with Crippen LogP contribution < -0.4 is 4.72 Å². The molecule has 0 aromatic heterocycles. The van der Waals surface area contributed by atoms with Crippen LogP contribution in [0.5, 0.6) is 0 Å². The van der Waals surface area contributed by atoms with Gasteiger partial charge in [0.05, 0.1) is 13.5 Å². The van der Waals surface area contributed by atoms with Crippen molar-refractivity contribution in [2.45, 2.75) is 26.3 Å². The summed E-state index contributed by atoms with van der Waals surface area (Å²) in [6.45, 7) is 3.79. The molecule has 7 heteroatoms. The van der Waals surface area contributed by atoms with E-state index in [0.29, 0.717) is 0 Å². The Morgan fingerprint density at radius 2 is 2.00 bits per heavy atom. The number of hydrogen-bond acceptors (Lipinski definition) is 4. The van der Waals surface area contributed by atoms with Crippen molar-refractivity contribution in [3.8, 4) is 0 Å². The number of aryl methyl sites for hydroxylation is 1. The van der Waals surface area contributed by atoms with Crippen LogP contribution in [0.3, 0.4) is 0 Å². The molecule has 0 heterocycles. The molecule has 0 amide bonds. The van der Waals surface area contributed by atoms with E-state index in [1.807, 2.05) is 31.2 Å². The molecule has 0 aliphatic carbocycles. The van der Waals surface area contributed by atoms with Gasteiger partial charge in [0.25, 0.3) is 10.2 Å². The number of ether oxygens (including phenoxy) is 1. The molecule has 0 saturated heterocycles.